The number of methoxy groups -OCH3 is 1. The van der Waals surface area contributed by atoms with Crippen molar-refractivity contribution in [3.63, 3.8) is 0 Å². The molecule has 0 aliphatic carbocycles. The zero-order chi connectivity index (χ0) is 14.6. The van der Waals surface area contributed by atoms with Crippen molar-refractivity contribution in [3.05, 3.63) is 35.9 Å². The van der Waals surface area contributed by atoms with Crippen molar-refractivity contribution in [2.75, 3.05) is 40.4 Å². The molecule has 0 unspecified atom stereocenters. The second kappa shape index (κ2) is 12.6. The van der Waals surface area contributed by atoms with E-state index in [-0.39, 0.29) is 17.0 Å². The van der Waals surface area contributed by atoms with Crippen molar-refractivity contribution in [2.24, 2.45) is 10.7 Å². The Hall–Kier alpha value is -1.11. The van der Waals surface area contributed by atoms with Crippen molar-refractivity contribution in [1.29, 1.82) is 0 Å². The van der Waals surface area contributed by atoms with E-state index < -0.39 is 0 Å². The molecule has 1 aromatic carbocycles. The minimum absolute atomic E-state index is 0. The predicted octanol–water partition coefficient (Wildman–Crippen LogP) is 1.64. The van der Waals surface area contributed by atoms with Crippen molar-refractivity contribution in [3.8, 4) is 0 Å². The molecule has 0 amide bonds. The quantitative estimate of drug-likeness (QED) is 0.400. The summed E-state index contributed by atoms with van der Waals surface area (Å²) in [4.78, 5) is 6.57. The molecule has 6 heteroatoms. The molecule has 0 heterocycles. The Morgan fingerprint density at radius 1 is 1.33 bits per heavy atom. The topological polar surface area (TPSA) is 62.9 Å². The fraction of sp³-hybridized carbons (Fsp3) is 0.533. The maximum atomic E-state index is 5.72. The van der Waals surface area contributed by atoms with E-state index in [9.17, 15) is 0 Å². The molecule has 3 N–H and O–H groups in total. The Kier molecular flexibility index (Phi) is 12.0. The average Bonchev–Trinajstić information content (AvgIpc) is 2.45. The summed E-state index contributed by atoms with van der Waals surface area (Å²) in [6, 6.07) is 10.5. The third-order valence-electron chi connectivity index (χ3n) is 2.89. The van der Waals surface area contributed by atoms with Crippen LogP contribution < -0.4 is 11.1 Å². The van der Waals surface area contributed by atoms with Gasteiger partial charge in [0.15, 0.2) is 5.96 Å². The summed E-state index contributed by atoms with van der Waals surface area (Å²) in [5.41, 5.74) is 7.06. The molecule has 0 radical (unpaired) electrons. The standard InChI is InChI=1S/C15H26N4O.BrH/c1-19(13-14-7-4-3-5-8-14)11-6-9-17-15(16)18-10-12-20-2;/h3-5,7-8H,6,9-13H2,1-2H3,(H3,16,17,18);1H. The van der Waals surface area contributed by atoms with Crippen LogP contribution in [0.15, 0.2) is 35.3 Å². The lowest BCUT2D eigenvalue weighted by Gasteiger charge is -2.16. The molecule has 0 fully saturated rings. The van der Waals surface area contributed by atoms with Crippen LogP contribution in [0.2, 0.25) is 0 Å². The van der Waals surface area contributed by atoms with Crippen LogP contribution in [0, 0.1) is 0 Å². The first-order valence-corrected chi connectivity index (χ1v) is 6.97. The summed E-state index contributed by atoms with van der Waals surface area (Å²) in [5.74, 6) is 0.493. The van der Waals surface area contributed by atoms with Crippen molar-refractivity contribution < 1.29 is 4.74 Å². The molecule has 5 nitrogen and oxygen atoms in total. The van der Waals surface area contributed by atoms with Crippen molar-refractivity contribution in [1.82, 2.24) is 10.2 Å². The van der Waals surface area contributed by atoms with Gasteiger partial charge < -0.3 is 20.7 Å². The van der Waals surface area contributed by atoms with Gasteiger partial charge in [0.1, 0.15) is 0 Å². The predicted molar refractivity (Wildman–Crippen MR) is 94.1 cm³/mol. The van der Waals surface area contributed by atoms with Gasteiger partial charge in [-0.05, 0) is 25.6 Å². The van der Waals surface area contributed by atoms with E-state index in [0.29, 0.717) is 19.1 Å². The Labute approximate surface area is 138 Å². The van der Waals surface area contributed by atoms with Gasteiger partial charge >= 0.3 is 0 Å². The van der Waals surface area contributed by atoms with E-state index in [1.807, 2.05) is 6.07 Å². The smallest absolute Gasteiger partial charge is 0.188 e. The lowest BCUT2D eigenvalue weighted by atomic mass is 10.2. The highest BCUT2D eigenvalue weighted by molar-refractivity contribution is 8.93. The number of nitrogens with zero attached hydrogens (tertiary/aromatic N) is 2. The van der Waals surface area contributed by atoms with Gasteiger partial charge in [-0.3, -0.25) is 4.99 Å². The molecule has 0 aliphatic heterocycles. The van der Waals surface area contributed by atoms with Gasteiger partial charge in [-0.25, -0.2) is 0 Å². The van der Waals surface area contributed by atoms with E-state index in [1.165, 1.54) is 5.56 Å². The van der Waals surface area contributed by atoms with Crippen LogP contribution in [0.1, 0.15) is 12.0 Å². The minimum atomic E-state index is 0. The fourth-order valence-electron chi connectivity index (χ4n) is 1.85. The van der Waals surface area contributed by atoms with Crippen molar-refractivity contribution in [2.45, 2.75) is 13.0 Å². The van der Waals surface area contributed by atoms with Gasteiger partial charge in [0.2, 0.25) is 0 Å². The SMILES string of the molecule is Br.COCCNC(N)=NCCCN(C)Cc1ccccc1. The van der Waals surface area contributed by atoms with Gasteiger partial charge in [0.25, 0.3) is 0 Å². The van der Waals surface area contributed by atoms with E-state index in [0.717, 1.165) is 26.1 Å². The summed E-state index contributed by atoms with van der Waals surface area (Å²) >= 11 is 0. The van der Waals surface area contributed by atoms with Crippen LogP contribution in [-0.4, -0.2) is 51.3 Å². The normalized spacial score (nSPS) is 11.3. The molecule has 120 valence electrons. The van der Waals surface area contributed by atoms with Crippen LogP contribution in [0.25, 0.3) is 0 Å². The van der Waals surface area contributed by atoms with E-state index >= 15 is 0 Å². The fourth-order valence-corrected chi connectivity index (χ4v) is 1.85. The Balaban J connectivity index is 0.00000400. The summed E-state index contributed by atoms with van der Waals surface area (Å²) < 4.78 is 4.93. The first-order valence-electron chi connectivity index (χ1n) is 6.97. The van der Waals surface area contributed by atoms with Gasteiger partial charge in [-0.1, -0.05) is 30.3 Å². The number of nitrogens with one attached hydrogen (secondary N) is 1. The second-order valence-electron chi connectivity index (χ2n) is 4.76. The zero-order valence-corrected chi connectivity index (χ0v) is 14.6. The third kappa shape index (κ3) is 10.3. The maximum absolute atomic E-state index is 5.72. The molecule has 0 spiro atoms. The number of hydrogen-bond donors (Lipinski definition) is 2. The molecular weight excluding hydrogens is 332 g/mol. The molecule has 0 bridgehead atoms. The third-order valence-corrected chi connectivity index (χ3v) is 2.89. The van der Waals surface area contributed by atoms with Crippen LogP contribution in [0.4, 0.5) is 0 Å². The molecule has 21 heavy (non-hydrogen) atoms. The van der Waals surface area contributed by atoms with Crippen LogP contribution >= 0.6 is 17.0 Å². The number of ether oxygens (including phenoxy) is 1. The molecule has 0 aromatic heterocycles. The first-order chi connectivity index (χ1) is 9.72. The van der Waals surface area contributed by atoms with E-state index in [4.69, 9.17) is 10.5 Å². The summed E-state index contributed by atoms with van der Waals surface area (Å²) in [7, 11) is 3.79. The highest BCUT2D eigenvalue weighted by Crippen LogP contribution is 2.02. The Bertz CT molecular complexity index is 387. The number of benzene rings is 1. The van der Waals surface area contributed by atoms with Gasteiger partial charge in [-0.2, -0.15) is 0 Å². The van der Waals surface area contributed by atoms with Crippen LogP contribution in [-0.2, 0) is 11.3 Å². The maximum Gasteiger partial charge on any atom is 0.188 e. The highest BCUT2D eigenvalue weighted by atomic mass is 79.9. The molecule has 0 atom stereocenters. The van der Waals surface area contributed by atoms with Crippen LogP contribution in [0.3, 0.4) is 0 Å². The summed E-state index contributed by atoms with van der Waals surface area (Å²) in [5, 5.41) is 3.00. The van der Waals surface area contributed by atoms with Crippen LogP contribution in [0.5, 0.6) is 0 Å². The molecule has 0 saturated carbocycles. The monoisotopic (exact) mass is 358 g/mol. The van der Waals surface area contributed by atoms with E-state index in [1.54, 1.807) is 7.11 Å². The Morgan fingerprint density at radius 2 is 2.05 bits per heavy atom. The van der Waals surface area contributed by atoms with Gasteiger partial charge in [0, 0.05) is 26.7 Å². The van der Waals surface area contributed by atoms with Gasteiger partial charge in [-0.15, -0.1) is 17.0 Å². The number of guanidine groups is 1. The first kappa shape index (κ1) is 19.9. The minimum Gasteiger partial charge on any atom is -0.383 e. The molecular formula is C15H27BrN4O. The number of aliphatic imine (C=N–C) groups is 1. The Morgan fingerprint density at radius 3 is 2.71 bits per heavy atom. The number of nitrogens with two attached hydrogens (primary N) is 1. The zero-order valence-electron chi connectivity index (χ0n) is 12.9. The average molecular weight is 359 g/mol. The summed E-state index contributed by atoms with van der Waals surface area (Å²) in [6.45, 7) is 4.04. The molecule has 0 aliphatic rings. The number of rotatable bonds is 9. The van der Waals surface area contributed by atoms with Crippen molar-refractivity contribution >= 4 is 22.9 Å². The molecule has 1 aromatic rings. The number of halogens is 1. The second-order valence-corrected chi connectivity index (χ2v) is 4.76. The number of hydrogen-bond acceptors (Lipinski definition) is 3. The molecule has 1 rings (SSSR count). The summed E-state index contributed by atoms with van der Waals surface area (Å²) in [6.07, 6.45) is 0.996. The lowest BCUT2D eigenvalue weighted by molar-refractivity contribution is 0.204. The highest BCUT2D eigenvalue weighted by Gasteiger charge is 1.99. The largest absolute Gasteiger partial charge is 0.383 e. The lowest BCUT2D eigenvalue weighted by Crippen LogP contribution is -2.34. The molecule has 0 saturated heterocycles. The van der Waals surface area contributed by atoms with Gasteiger partial charge in [0.05, 0.1) is 6.61 Å². The van der Waals surface area contributed by atoms with E-state index in [2.05, 4.69) is 46.5 Å².